The Morgan fingerprint density at radius 2 is 1.92 bits per heavy atom. The Bertz CT molecular complexity index is 917. The molecule has 1 aliphatic rings. The van der Waals surface area contributed by atoms with Gasteiger partial charge in [0.15, 0.2) is 5.76 Å². The van der Waals surface area contributed by atoms with Crippen molar-refractivity contribution in [3.63, 3.8) is 0 Å². The number of sulfonamides is 1. The lowest BCUT2D eigenvalue weighted by Gasteiger charge is -2.14. The largest absolute Gasteiger partial charge is 0.455 e. The molecular weight excluding hydrogens is 359 g/mol. The van der Waals surface area contributed by atoms with Crippen LogP contribution in [0, 0.1) is 12.7 Å². The summed E-state index contributed by atoms with van der Waals surface area (Å²) in [7, 11) is -3.67. The van der Waals surface area contributed by atoms with Crippen LogP contribution in [0.4, 0.5) is 4.39 Å². The highest BCUT2D eigenvalue weighted by Crippen LogP contribution is 2.27. The average Bonchev–Trinajstić information content (AvgIpc) is 3.25. The number of amides is 1. The van der Waals surface area contributed by atoms with Gasteiger partial charge in [-0.3, -0.25) is 4.79 Å². The highest BCUT2D eigenvalue weighted by atomic mass is 32.2. The molecule has 3 rings (SSSR count). The molecule has 0 aliphatic carbocycles. The zero-order valence-electron chi connectivity index (χ0n) is 14.7. The van der Waals surface area contributed by atoms with Gasteiger partial charge in [-0.1, -0.05) is 18.2 Å². The molecule has 1 atom stereocenters. The lowest BCUT2D eigenvalue weighted by molar-refractivity contribution is 0.0910. The van der Waals surface area contributed by atoms with Gasteiger partial charge in [0.05, 0.1) is 6.04 Å². The molecule has 1 N–H and O–H groups in total. The first-order valence-electron chi connectivity index (χ1n) is 8.46. The van der Waals surface area contributed by atoms with Crippen molar-refractivity contribution in [2.24, 2.45) is 0 Å². The van der Waals surface area contributed by atoms with Gasteiger partial charge in [-0.2, -0.15) is 4.31 Å². The SMILES string of the molecule is Cc1oc(C(=O)NC(C)c2ccccc2F)cc1S(=O)(=O)N1CCCC1. The van der Waals surface area contributed by atoms with Gasteiger partial charge >= 0.3 is 0 Å². The van der Waals surface area contributed by atoms with E-state index in [0.717, 1.165) is 12.8 Å². The van der Waals surface area contributed by atoms with Gasteiger partial charge in [0.2, 0.25) is 10.0 Å². The van der Waals surface area contributed by atoms with Gasteiger partial charge in [-0.05, 0) is 32.8 Å². The van der Waals surface area contributed by atoms with Gasteiger partial charge in [0, 0.05) is 24.7 Å². The number of hydrogen-bond acceptors (Lipinski definition) is 4. The van der Waals surface area contributed by atoms with Crippen molar-refractivity contribution in [2.45, 2.75) is 37.6 Å². The van der Waals surface area contributed by atoms with E-state index in [0.29, 0.717) is 18.7 Å². The molecule has 1 unspecified atom stereocenters. The topological polar surface area (TPSA) is 79.6 Å². The van der Waals surface area contributed by atoms with Gasteiger partial charge in [0.1, 0.15) is 16.5 Å². The number of furan rings is 1. The Kier molecular flexibility index (Phi) is 5.15. The van der Waals surface area contributed by atoms with E-state index in [2.05, 4.69) is 5.32 Å². The first-order chi connectivity index (χ1) is 12.3. The highest BCUT2D eigenvalue weighted by Gasteiger charge is 2.32. The third-order valence-corrected chi connectivity index (χ3v) is 6.50. The number of hydrogen-bond donors (Lipinski definition) is 1. The molecule has 1 fully saturated rings. The Morgan fingerprint density at radius 1 is 1.27 bits per heavy atom. The quantitative estimate of drug-likeness (QED) is 0.865. The van der Waals surface area contributed by atoms with Crippen molar-refractivity contribution in [2.75, 3.05) is 13.1 Å². The highest BCUT2D eigenvalue weighted by molar-refractivity contribution is 7.89. The van der Waals surface area contributed by atoms with E-state index in [1.165, 1.54) is 23.4 Å². The number of halogens is 1. The maximum Gasteiger partial charge on any atom is 0.287 e. The number of carbonyl (C=O) groups is 1. The van der Waals surface area contributed by atoms with Crippen LogP contribution in [-0.4, -0.2) is 31.7 Å². The van der Waals surface area contributed by atoms with Gasteiger partial charge in [0.25, 0.3) is 5.91 Å². The van der Waals surface area contributed by atoms with Crippen LogP contribution < -0.4 is 5.32 Å². The number of aryl methyl sites for hydroxylation is 1. The predicted octanol–water partition coefficient (Wildman–Crippen LogP) is 3.00. The van der Waals surface area contributed by atoms with Gasteiger partial charge in [-0.25, -0.2) is 12.8 Å². The standard InChI is InChI=1S/C18H21FN2O4S/c1-12(14-7-3-4-8-15(14)19)20-18(22)16-11-17(13(2)25-16)26(23,24)21-9-5-6-10-21/h3-4,7-8,11-12H,5-6,9-10H2,1-2H3,(H,20,22). The van der Waals surface area contributed by atoms with Crippen molar-refractivity contribution in [3.05, 3.63) is 53.2 Å². The zero-order valence-corrected chi connectivity index (χ0v) is 15.5. The number of rotatable bonds is 5. The van der Waals surface area contributed by atoms with Gasteiger partial charge < -0.3 is 9.73 Å². The van der Waals surface area contributed by atoms with E-state index < -0.39 is 27.8 Å². The van der Waals surface area contributed by atoms with Crippen LogP contribution in [0.3, 0.4) is 0 Å². The van der Waals surface area contributed by atoms with Crippen LogP contribution >= 0.6 is 0 Å². The molecule has 8 heteroatoms. The van der Waals surface area contributed by atoms with Crippen molar-refractivity contribution < 1.29 is 22.0 Å². The van der Waals surface area contributed by atoms with E-state index in [1.54, 1.807) is 25.1 Å². The number of carbonyl (C=O) groups excluding carboxylic acids is 1. The molecule has 26 heavy (non-hydrogen) atoms. The lowest BCUT2D eigenvalue weighted by atomic mass is 10.1. The maximum atomic E-state index is 13.8. The molecule has 0 saturated carbocycles. The summed E-state index contributed by atoms with van der Waals surface area (Å²) < 4.78 is 45.9. The van der Waals surface area contributed by atoms with Gasteiger partial charge in [-0.15, -0.1) is 0 Å². The second-order valence-electron chi connectivity index (χ2n) is 6.36. The summed E-state index contributed by atoms with van der Waals surface area (Å²) in [5.74, 6) is -0.955. The summed E-state index contributed by atoms with van der Waals surface area (Å²) in [6, 6.07) is 6.80. The third-order valence-electron chi connectivity index (χ3n) is 4.50. The second-order valence-corrected chi connectivity index (χ2v) is 8.27. The molecule has 2 aromatic rings. The fraction of sp³-hybridized carbons (Fsp3) is 0.389. The van der Waals surface area contributed by atoms with Crippen LogP contribution in [0.1, 0.15) is 47.7 Å². The smallest absolute Gasteiger partial charge is 0.287 e. The maximum absolute atomic E-state index is 13.8. The lowest BCUT2D eigenvalue weighted by Crippen LogP contribution is -2.28. The van der Waals surface area contributed by atoms with E-state index in [-0.39, 0.29) is 16.4 Å². The molecule has 1 aromatic carbocycles. The molecule has 2 heterocycles. The Morgan fingerprint density at radius 3 is 2.58 bits per heavy atom. The Balaban J connectivity index is 1.80. The van der Waals surface area contributed by atoms with Crippen molar-refractivity contribution in [1.82, 2.24) is 9.62 Å². The van der Waals surface area contributed by atoms with E-state index in [4.69, 9.17) is 4.42 Å². The van der Waals surface area contributed by atoms with E-state index in [9.17, 15) is 17.6 Å². The Hall–Kier alpha value is -2.19. The summed E-state index contributed by atoms with van der Waals surface area (Å²) in [6.07, 6.45) is 1.65. The Labute approximate surface area is 152 Å². The van der Waals surface area contributed by atoms with Crippen LogP contribution in [-0.2, 0) is 10.0 Å². The van der Waals surface area contributed by atoms with Crippen LogP contribution in [0.25, 0.3) is 0 Å². The molecular formula is C18H21FN2O4S. The minimum atomic E-state index is -3.67. The fourth-order valence-electron chi connectivity index (χ4n) is 3.07. The van der Waals surface area contributed by atoms with Crippen molar-refractivity contribution in [3.8, 4) is 0 Å². The summed E-state index contributed by atoms with van der Waals surface area (Å²) in [6.45, 7) is 4.10. The van der Waals surface area contributed by atoms with Crippen molar-refractivity contribution in [1.29, 1.82) is 0 Å². The first kappa shape index (κ1) is 18.6. The minimum Gasteiger partial charge on any atom is -0.455 e. The van der Waals surface area contributed by atoms with Crippen LogP contribution in [0.5, 0.6) is 0 Å². The normalized spacial score (nSPS) is 16.6. The number of benzene rings is 1. The number of nitrogens with one attached hydrogen (secondary N) is 1. The summed E-state index contributed by atoms with van der Waals surface area (Å²) in [4.78, 5) is 12.4. The first-order valence-corrected chi connectivity index (χ1v) is 9.90. The molecule has 140 valence electrons. The molecule has 1 saturated heterocycles. The van der Waals surface area contributed by atoms with Crippen LogP contribution in [0.15, 0.2) is 39.6 Å². The summed E-state index contributed by atoms with van der Waals surface area (Å²) >= 11 is 0. The number of nitrogens with zero attached hydrogens (tertiary/aromatic N) is 1. The minimum absolute atomic E-state index is 0.00287. The molecule has 6 nitrogen and oxygen atoms in total. The second kappa shape index (κ2) is 7.20. The van der Waals surface area contributed by atoms with Crippen LogP contribution in [0.2, 0.25) is 0 Å². The fourth-order valence-corrected chi connectivity index (χ4v) is 4.75. The van der Waals surface area contributed by atoms with E-state index in [1.807, 2.05) is 0 Å². The van der Waals surface area contributed by atoms with Crippen molar-refractivity contribution >= 4 is 15.9 Å². The zero-order chi connectivity index (χ0) is 18.9. The molecule has 1 amide bonds. The van der Waals surface area contributed by atoms with E-state index >= 15 is 0 Å². The summed E-state index contributed by atoms with van der Waals surface area (Å²) in [5, 5.41) is 2.63. The monoisotopic (exact) mass is 380 g/mol. The molecule has 0 spiro atoms. The molecule has 0 bridgehead atoms. The predicted molar refractivity (Wildman–Crippen MR) is 93.7 cm³/mol. The average molecular weight is 380 g/mol. The molecule has 1 aromatic heterocycles. The molecule has 0 radical (unpaired) electrons. The summed E-state index contributed by atoms with van der Waals surface area (Å²) in [5.41, 5.74) is 0.342. The third kappa shape index (κ3) is 3.52. The molecule has 1 aliphatic heterocycles.